The van der Waals surface area contributed by atoms with Crippen LogP contribution in [0.5, 0.6) is 0 Å². The Labute approximate surface area is 174 Å². The predicted molar refractivity (Wildman–Crippen MR) is 106 cm³/mol. The summed E-state index contributed by atoms with van der Waals surface area (Å²) in [6.07, 6.45) is -4.20. The molecular weight excluding hydrogens is 399 g/mol. The number of carbonyl (C=O) groups excluding carboxylic acids is 2. The summed E-state index contributed by atoms with van der Waals surface area (Å²) in [4.78, 5) is 29.5. The van der Waals surface area contributed by atoms with Crippen LogP contribution >= 0.6 is 0 Å². The number of rotatable bonds is 1. The van der Waals surface area contributed by atoms with E-state index >= 15 is 0 Å². The number of nitrogens with zero attached hydrogens (tertiary/aromatic N) is 3. The third kappa shape index (κ3) is 4.88. The van der Waals surface area contributed by atoms with Gasteiger partial charge in [0, 0.05) is 51.4 Å². The molecule has 1 aromatic carbocycles. The highest BCUT2D eigenvalue weighted by Gasteiger charge is 2.37. The molecule has 0 radical (unpaired) electrons. The van der Waals surface area contributed by atoms with Gasteiger partial charge in [-0.15, -0.1) is 0 Å². The first-order chi connectivity index (χ1) is 13.9. The maximum absolute atomic E-state index is 13.2. The SMILES string of the molecule is CC(=O)N1CCC(N2CCN(C(=O)OC(C)(C)C)CC2)c2ccc(C(F)(F)F)cc21. The fourth-order valence-corrected chi connectivity index (χ4v) is 4.01. The van der Waals surface area contributed by atoms with Crippen molar-refractivity contribution in [1.29, 1.82) is 0 Å². The maximum Gasteiger partial charge on any atom is 0.416 e. The molecular formula is C21H28F3N3O3. The molecule has 2 amide bonds. The van der Waals surface area contributed by atoms with E-state index in [-0.39, 0.29) is 18.0 Å². The Morgan fingerprint density at radius 1 is 1.03 bits per heavy atom. The first-order valence-electron chi connectivity index (χ1n) is 10.1. The van der Waals surface area contributed by atoms with Crippen LogP contribution in [0.4, 0.5) is 23.7 Å². The molecule has 1 atom stereocenters. The normalized spacial score (nSPS) is 20.7. The van der Waals surface area contributed by atoms with Gasteiger partial charge in [0.15, 0.2) is 0 Å². The molecule has 1 aromatic rings. The lowest BCUT2D eigenvalue weighted by molar-refractivity contribution is -0.137. The molecule has 1 fully saturated rings. The number of ether oxygens (including phenoxy) is 1. The smallest absolute Gasteiger partial charge is 0.416 e. The average Bonchev–Trinajstić information content (AvgIpc) is 2.64. The second-order valence-corrected chi connectivity index (χ2v) is 8.75. The number of alkyl halides is 3. The number of fused-ring (bicyclic) bond motifs is 1. The average molecular weight is 427 g/mol. The molecule has 3 rings (SSSR count). The van der Waals surface area contributed by atoms with E-state index in [4.69, 9.17) is 4.74 Å². The lowest BCUT2D eigenvalue weighted by atomic mass is 9.92. The molecule has 0 aromatic heterocycles. The summed E-state index contributed by atoms with van der Waals surface area (Å²) in [7, 11) is 0. The van der Waals surface area contributed by atoms with Gasteiger partial charge in [0.2, 0.25) is 5.91 Å². The van der Waals surface area contributed by atoms with Gasteiger partial charge in [0.25, 0.3) is 0 Å². The van der Waals surface area contributed by atoms with Crippen molar-refractivity contribution in [2.24, 2.45) is 0 Å². The van der Waals surface area contributed by atoms with Gasteiger partial charge in [-0.3, -0.25) is 9.69 Å². The first kappa shape index (κ1) is 22.4. The van der Waals surface area contributed by atoms with Crippen molar-refractivity contribution in [3.05, 3.63) is 29.3 Å². The highest BCUT2D eigenvalue weighted by molar-refractivity contribution is 5.93. The second kappa shape index (κ2) is 8.09. The number of carbonyl (C=O) groups is 2. The summed E-state index contributed by atoms with van der Waals surface area (Å²) in [5.41, 5.74) is -0.288. The fourth-order valence-electron chi connectivity index (χ4n) is 4.01. The molecule has 0 saturated carbocycles. The molecule has 1 saturated heterocycles. The molecule has 0 aliphatic carbocycles. The fraction of sp³-hybridized carbons (Fsp3) is 0.619. The standard InChI is InChI=1S/C21H28F3N3O3/c1-14(28)27-8-7-17(16-6-5-15(13-18(16)27)21(22,23)24)25-9-11-26(12-10-25)19(29)30-20(2,3)4/h5-6,13,17H,7-12H2,1-4H3. The highest BCUT2D eigenvalue weighted by Crippen LogP contribution is 2.41. The number of anilines is 1. The van der Waals surface area contributed by atoms with E-state index in [1.54, 1.807) is 4.90 Å². The summed E-state index contributed by atoms with van der Waals surface area (Å²) in [5.74, 6) is -0.274. The molecule has 9 heteroatoms. The van der Waals surface area contributed by atoms with Crippen molar-refractivity contribution in [2.45, 2.75) is 51.9 Å². The quantitative estimate of drug-likeness (QED) is 0.679. The number of benzene rings is 1. The molecule has 2 aliphatic heterocycles. The Morgan fingerprint density at radius 2 is 1.67 bits per heavy atom. The highest BCUT2D eigenvalue weighted by atomic mass is 19.4. The Balaban J connectivity index is 1.78. The predicted octanol–water partition coefficient (Wildman–Crippen LogP) is 4.06. The van der Waals surface area contributed by atoms with Crippen LogP contribution in [0.2, 0.25) is 0 Å². The van der Waals surface area contributed by atoms with Crippen molar-refractivity contribution < 1.29 is 27.5 Å². The van der Waals surface area contributed by atoms with Crippen molar-refractivity contribution in [1.82, 2.24) is 9.80 Å². The molecule has 166 valence electrons. The van der Waals surface area contributed by atoms with Crippen molar-refractivity contribution >= 4 is 17.7 Å². The lowest BCUT2D eigenvalue weighted by Crippen LogP contribution is -2.52. The van der Waals surface area contributed by atoms with E-state index in [0.717, 1.165) is 17.7 Å². The Bertz CT molecular complexity index is 812. The van der Waals surface area contributed by atoms with Crippen LogP contribution in [0.1, 0.15) is 51.3 Å². The zero-order chi connectivity index (χ0) is 22.3. The van der Waals surface area contributed by atoms with Gasteiger partial charge in [0.1, 0.15) is 5.60 Å². The maximum atomic E-state index is 13.2. The molecule has 1 unspecified atom stereocenters. The van der Waals surface area contributed by atoms with Gasteiger partial charge in [-0.1, -0.05) is 6.07 Å². The summed E-state index contributed by atoms with van der Waals surface area (Å²) < 4.78 is 45.0. The molecule has 0 bridgehead atoms. The van der Waals surface area contributed by atoms with Crippen molar-refractivity contribution in [3.63, 3.8) is 0 Å². The summed E-state index contributed by atoms with van der Waals surface area (Å²) in [6.45, 7) is 9.32. The van der Waals surface area contributed by atoms with Crippen LogP contribution in [-0.2, 0) is 15.7 Å². The first-order valence-corrected chi connectivity index (χ1v) is 10.1. The van der Waals surface area contributed by atoms with E-state index in [0.29, 0.717) is 44.8 Å². The van der Waals surface area contributed by atoms with Crippen LogP contribution in [0, 0.1) is 0 Å². The van der Waals surface area contributed by atoms with Crippen LogP contribution in [-0.4, -0.2) is 60.1 Å². The third-order valence-electron chi connectivity index (χ3n) is 5.42. The van der Waals surface area contributed by atoms with E-state index in [1.807, 2.05) is 20.8 Å². The molecule has 0 N–H and O–H groups in total. The number of hydrogen-bond donors (Lipinski definition) is 0. The van der Waals surface area contributed by atoms with Crippen LogP contribution < -0.4 is 4.90 Å². The van der Waals surface area contributed by atoms with E-state index in [9.17, 15) is 22.8 Å². The number of piperazine rings is 1. The lowest BCUT2D eigenvalue weighted by Gasteiger charge is -2.43. The Morgan fingerprint density at radius 3 is 2.20 bits per heavy atom. The molecule has 0 spiro atoms. The number of hydrogen-bond acceptors (Lipinski definition) is 4. The molecule has 2 heterocycles. The van der Waals surface area contributed by atoms with Crippen LogP contribution in [0.25, 0.3) is 0 Å². The van der Waals surface area contributed by atoms with Crippen LogP contribution in [0.3, 0.4) is 0 Å². The Kier molecular flexibility index (Phi) is 6.04. The summed E-state index contributed by atoms with van der Waals surface area (Å²) >= 11 is 0. The molecule has 2 aliphatic rings. The second-order valence-electron chi connectivity index (χ2n) is 8.75. The van der Waals surface area contributed by atoms with Crippen molar-refractivity contribution in [2.75, 3.05) is 37.6 Å². The Hall–Kier alpha value is -2.29. The van der Waals surface area contributed by atoms with E-state index in [2.05, 4.69) is 4.90 Å². The van der Waals surface area contributed by atoms with E-state index < -0.39 is 17.3 Å². The van der Waals surface area contributed by atoms with Gasteiger partial charge in [-0.05, 0) is 44.9 Å². The zero-order valence-electron chi connectivity index (χ0n) is 17.8. The minimum absolute atomic E-state index is 0.0985. The molecule has 30 heavy (non-hydrogen) atoms. The van der Waals surface area contributed by atoms with Gasteiger partial charge in [-0.2, -0.15) is 13.2 Å². The number of halogens is 3. The largest absolute Gasteiger partial charge is 0.444 e. The zero-order valence-corrected chi connectivity index (χ0v) is 17.8. The summed E-state index contributed by atoms with van der Waals surface area (Å²) in [6, 6.07) is 3.53. The summed E-state index contributed by atoms with van der Waals surface area (Å²) in [5, 5.41) is 0. The van der Waals surface area contributed by atoms with Crippen molar-refractivity contribution in [3.8, 4) is 0 Å². The minimum Gasteiger partial charge on any atom is -0.444 e. The van der Waals surface area contributed by atoms with E-state index in [1.165, 1.54) is 17.9 Å². The topological polar surface area (TPSA) is 53.1 Å². The number of amides is 2. The third-order valence-corrected chi connectivity index (χ3v) is 5.42. The minimum atomic E-state index is -4.47. The van der Waals surface area contributed by atoms with Gasteiger partial charge >= 0.3 is 12.3 Å². The monoisotopic (exact) mass is 427 g/mol. The van der Waals surface area contributed by atoms with Gasteiger partial charge in [0.05, 0.1) is 5.56 Å². The van der Waals surface area contributed by atoms with Crippen LogP contribution in [0.15, 0.2) is 18.2 Å². The van der Waals surface area contributed by atoms with Gasteiger partial charge < -0.3 is 14.5 Å². The van der Waals surface area contributed by atoms with Gasteiger partial charge in [-0.25, -0.2) is 4.79 Å². The molecule has 6 nitrogen and oxygen atoms in total.